The molecule has 0 atom stereocenters. The first-order valence-corrected chi connectivity index (χ1v) is 9.14. The number of carbonyl (C=O) groups is 1. The summed E-state index contributed by atoms with van der Waals surface area (Å²) in [4.78, 5) is 12.6. The molecule has 0 aliphatic carbocycles. The van der Waals surface area contributed by atoms with Gasteiger partial charge in [0.1, 0.15) is 24.7 Å². The van der Waals surface area contributed by atoms with Gasteiger partial charge in [-0.2, -0.15) is 5.10 Å². The maximum absolute atomic E-state index is 12.6. The van der Waals surface area contributed by atoms with E-state index in [2.05, 4.69) is 15.5 Å². The summed E-state index contributed by atoms with van der Waals surface area (Å²) in [6.07, 6.45) is 0. The Morgan fingerprint density at radius 3 is 2.57 bits per heavy atom. The van der Waals surface area contributed by atoms with E-state index in [0.717, 1.165) is 16.9 Å². The van der Waals surface area contributed by atoms with Gasteiger partial charge in [-0.05, 0) is 55.8 Å². The van der Waals surface area contributed by atoms with Crippen LogP contribution < -0.4 is 19.5 Å². The Kier molecular flexibility index (Phi) is 4.89. The molecule has 0 spiro atoms. The van der Waals surface area contributed by atoms with Crippen molar-refractivity contribution in [3.8, 4) is 28.5 Å². The van der Waals surface area contributed by atoms with E-state index in [1.165, 1.54) is 0 Å². The van der Waals surface area contributed by atoms with Gasteiger partial charge in [-0.15, -0.1) is 0 Å². The molecule has 7 heteroatoms. The maximum atomic E-state index is 12.6. The Labute approximate surface area is 162 Å². The SMILES string of the molecule is CCOc1ccc(-c2cc(C(=O)Nc3cc4c(cc3C)OCCO4)[nH]n2)cc1. The Hall–Kier alpha value is -3.48. The molecule has 0 radical (unpaired) electrons. The van der Waals surface area contributed by atoms with Crippen molar-refractivity contribution >= 4 is 11.6 Å². The highest BCUT2D eigenvalue weighted by molar-refractivity contribution is 6.04. The van der Waals surface area contributed by atoms with Gasteiger partial charge in [-0.1, -0.05) is 0 Å². The van der Waals surface area contributed by atoms with Gasteiger partial charge in [0.25, 0.3) is 5.91 Å². The van der Waals surface area contributed by atoms with Crippen molar-refractivity contribution in [1.29, 1.82) is 0 Å². The number of H-pyrrole nitrogens is 1. The van der Waals surface area contributed by atoms with E-state index in [1.807, 2.05) is 44.2 Å². The van der Waals surface area contributed by atoms with Gasteiger partial charge < -0.3 is 19.5 Å². The summed E-state index contributed by atoms with van der Waals surface area (Å²) >= 11 is 0. The Balaban J connectivity index is 1.50. The second kappa shape index (κ2) is 7.64. The lowest BCUT2D eigenvalue weighted by Crippen LogP contribution is -2.17. The van der Waals surface area contributed by atoms with Crippen LogP contribution >= 0.6 is 0 Å². The summed E-state index contributed by atoms with van der Waals surface area (Å²) < 4.78 is 16.6. The molecular weight excluding hydrogens is 358 g/mol. The van der Waals surface area contributed by atoms with Crippen LogP contribution in [0.3, 0.4) is 0 Å². The van der Waals surface area contributed by atoms with Gasteiger partial charge in [0, 0.05) is 17.3 Å². The van der Waals surface area contributed by atoms with Crippen LogP contribution in [-0.4, -0.2) is 35.9 Å². The van der Waals surface area contributed by atoms with E-state index in [-0.39, 0.29) is 5.91 Å². The normalized spacial score (nSPS) is 12.5. The molecule has 2 aromatic carbocycles. The highest BCUT2D eigenvalue weighted by atomic mass is 16.6. The van der Waals surface area contributed by atoms with Crippen LogP contribution in [-0.2, 0) is 0 Å². The van der Waals surface area contributed by atoms with Gasteiger partial charge in [0.05, 0.1) is 12.3 Å². The molecule has 0 unspecified atom stereocenters. The molecule has 3 aromatic rings. The minimum atomic E-state index is -0.274. The minimum absolute atomic E-state index is 0.274. The molecule has 1 amide bonds. The molecule has 0 saturated carbocycles. The molecule has 0 bridgehead atoms. The summed E-state index contributed by atoms with van der Waals surface area (Å²) in [5.74, 6) is 1.85. The van der Waals surface area contributed by atoms with E-state index < -0.39 is 0 Å². The largest absolute Gasteiger partial charge is 0.494 e. The van der Waals surface area contributed by atoms with Crippen molar-refractivity contribution in [2.45, 2.75) is 13.8 Å². The highest BCUT2D eigenvalue weighted by Crippen LogP contribution is 2.35. The van der Waals surface area contributed by atoms with Gasteiger partial charge in [-0.25, -0.2) is 0 Å². The van der Waals surface area contributed by atoms with Crippen molar-refractivity contribution in [2.75, 3.05) is 25.1 Å². The zero-order chi connectivity index (χ0) is 19.5. The molecule has 0 saturated heterocycles. The molecular formula is C21H21N3O4. The standard InChI is InChI=1S/C21H21N3O4/c1-3-26-15-6-4-14(5-7-15)17-11-18(24-23-17)21(25)22-16-12-20-19(10-13(16)2)27-8-9-28-20/h4-7,10-12H,3,8-9H2,1-2H3,(H,22,25)(H,23,24). The molecule has 2 N–H and O–H groups in total. The van der Waals surface area contributed by atoms with Gasteiger partial charge in [-0.3, -0.25) is 9.89 Å². The van der Waals surface area contributed by atoms with Crippen molar-refractivity contribution < 1.29 is 19.0 Å². The number of aromatic nitrogens is 2. The molecule has 0 fully saturated rings. The smallest absolute Gasteiger partial charge is 0.273 e. The Bertz CT molecular complexity index is 995. The monoisotopic (exact) mass is 379 g/mol. The lowest BCUT2D eigenvalue weighted by Gasteiger charge is -2.20. The molecule has 1 aliphatic rings. The number of hydrogen-bond acceptors (Lipinski definition) is 5. The Morgan fingerprint density at radius 1 is 1.14 bits per heavy atom. The number of anilines is 1. The zero-order valence-corrected chi connectivity index (χ0v) is 15.7. The van der Waals surface area contributed by atoms with E-state index in [1.54, 1.807) is 12.1 Å². The van der Waals surface area contributed by atoms with Crippen LogP contribution in [0.15, 0.2) is 42.5 Å². The molecule has 144 valence electrons. The summed E-state index contributed by atoms with van der Waals surface area (Å²) in [7, 11) is 0. The van der Waals surface area contributed by atoms with E-state index >= 15 is 0 Å². The van der Waals surface area contributed by atoms with Crippen LogP contribution in [0.4, 0.5) is 5.69 Å². The number of nitrogens with one attached hydrogen (secondary N) is 2. The number of aryl methyl sites for hydroxylation is 1. The van der Waals surface area contributed by atoms with Gasteiger partial charge >= 0.3 is 0 Å². The number of fused-ring (bicyclic) bond motifs is 1. The first-order valence-electron chi connectivity index (χ1n) is 9.14. The third-order valence-corrected chi connectivity index (χ3v) is 4.42. The lowest BCUT2D eigenvalue weighted by atomic mass is 10.1. The van der Waals surface area contributed by atoms with Crippen molar-refractivity contribution in [2.24, 2.45) is 0 Å². The van der Waals surface area contributed by atoms with Crippen LogP contribution in [0.25, 0.3) is 11.3 Å². The summed E-state index contributed by atoms with van der Waals surface area (Å²) in [6.45, 7) is 5.49. The molecule has 2 heterocycles. The number of hydrogen-bond donors (Lipinski definition) is 2. The van der Waals surface area contributed by atoms with Gasteiger partial charge in [0.2, 0.25) is 0 Å². The predicted molar refractivity (Wildman–Crippen MR) is 105 cm³/mol. The van der Waals surface area contributed by atoms with Crippen LogP contribution in [0.2, 0.25) is 0 Å². The molecule has 1 aliphatic heterocycles. The first kappa shape index (κ1) is 17.9. The Morgan fingerprint density at radius 2 is 1.86 bits per heavy atom. The number of carbonyl (C=O) groups excluding carboxylic acids is 1. The lowest BCUT2D eigenvalue weighted by molar-refractivity contribution is 0.102. The minimum Gasteiger partial charge on any atom is -0.494 e. The number of ether oxygens (including phenoxy) is 3. The van der Waals surface area contributed by atoms with E-state index in [0.29, 0.717) is 48.4 Å². The number of nitrogens with zero attached hydrogens (tertiary/aromatic N) is 1. The van der Waals surface area contributed by atoms with Crippen molar-refractivity contribution in [3.63, 3.8) is 0 Å². The second-order valence-corrected chi connectivity index (χ2v) is 6.39. The zero-order valence-electron chi connectivity index (χ0n) is 15.7. The third-order valence-electron chi connectivity index (χ3n) is 4.42. The number of amides is 1. The number of benzene rings is 2. The fourth-order valence-electron chi connectivity index (χ4n) is 2.99. The topological polar surface area (TPSA) is 85.5 Å². The fraction of sp³-hybridized carbons (Fsp3) is 0.238. The van der Waals surface area contributed by atoms with Crippen LogP contribution in [0, 0.1) is 6.92 Å². The number of aromatic amines is 1. The van der Waals surface area contributed by atoms with E-state index in [4.69, 9.17) is 14.2 Å². The van der Waals surface area contributed by atoms with Crippen LogP contribution in [0.1, 0.15) is 23.0 Å². The summed E-state index contributed by atoms with van der Waals surface area (Å²) in [5, 5.41) is 9.94. The predicted octanol–water partition coefficient (Wildman–Crippen LogP) is 3.81. The van der Waals surface area contributed by atoms with Crippen LogP contribution in [0.5, 0.6) is 17.2 Å². The molecule has 28 heavy (non-hydrogen) atoms. The maximum Gasteiger partial charge on any atom is 0.273 e. The molecule has 1 aromatic heterocycles. The first-order chi connectivity index (χ1) is 13.6. The summed E-state index contributed by atoms with van der Waals surface area (Å²) in [6, 6.07) is 12.9. The van der Waals surface area contributed by atoms with Crippen molar-refractivity contribution in [1.82, 2.24) is 10.2 Å². The highest BCUT2D eigenvalue weighted by Gasteiger charge is 2.17. The quantitative estimate of drug-likeness (QED) is 0.704. The number of rotatable bonds is 5. The molecule has 7 nitrogen and oxygen atoms in total. The van der Waals surface area contributed by atoms with E-state index in [9.17, 15) is 4.79 Å². The van der Waals surface area contributed by atoms with Crippen molar-refractivity contribution in [3.05, 3.63) is 53.7 Å². The molecule has 4 rings (SSSR count). The average molecular weight is 379 g/mol. The average Bonchev–Trinajstić information content (AvgIpc) is 3.20. The fourth-order valence-corrected chi connectivity index (χ4v) is 2.99. The van der Waals surface area contributed by atoms with Gasteiger partial charge in [0.15, 0.2) is 11.5 Å². The second-order valence-electron chi connectivity index (χ2n) is 6.39. The third kappa shape index (κ3) is 3.64. The summed E-state index contributed by atoms with van der Waals surface area (Å²) in [5.41, 5.74) is 3.52.